The van der Waals surface area contributed by atoms with E-state index in [0.717, 1.165) is 25.1 Å². The Labute approximate surface area is 109 Å². The van der Waals surface area contributed by atoms with E-state index in [9.17, 15) is 4.39 Å². The van der Waals surface area contributed by atoms with Crippen molar-refractivity contribution in [3.63, 3.8) is 0 Å². The van der Waals surface area contributed by atoms with Crippen molar-refractivity contribution in [1.29, 1.82) is 0 Å². The van der Waals surface area contributed by atoms with Crippen molar-refractivity contribution in [2.75, 3.05) is 34.3 Å². The van der Waals surface area contributed by atoms with Crippen LogP contribution >= 0.6 is 0 Å². The maximum Gasteiger partial charge on any atom is 0.165 e. The fourth-order valence-corrected chi connectivity index (χ4v) is 1.90. The van der Waals surface area contributed by atoms with Crippen LogP contribution < -0.4 is 10.1 Å². The number of ether oxygens (including phenoxy) is 1. The van der Waals surface area contributed by atoms with Crippen molar-refractivity contribution < 1.29 is 9.13 Å². The van der Waals surface area contributed by atoms with Crippen molar-refractivity contribution in [3.05, 3.63) is 29.6 Å². The van der Waals surface area contributed by atoms with E-state index in [2.05, 4.69) is 24.2 Å². The minimum atomic E-state index is -0.300. The van der Waals surface area contributed by atoms with Crippen molar-refractivity contribution in [1.82, 2.24) is 10.2 Å². The van der Waals surface area contributed by atoms with Crippen LogP contribution in [0.4, 0.5) is 4.39 Å². The molecule has 0 radical (unpaired) electrons. The lowest BCUT2D eigenvalue weighted by atomic mass is 10.1. The second kappa shape index (κ2) is 7.34. The molecule has 0 saturated heterocycles. The molecule has 4 heteroatoms. The third-order valence-electron chi connectivity index (χ3n) is 3.26. The molecule has 1 aromatic carbocycles. The molecule has 0 aliphatic carbocycles. The summed E-state index contributed by atoms with van der Waals surface area (Å²) in [5.74, 6) is -0.00531. The number of nitrogens with one attached hydrogen (secondary N) is 1. The maximum atomic E-state index is 13.6. The van der Waals surface area contributed by atoms with Crippen LogP contribution in [0.3, 0.4) is 0 Å². The fraction of sp³-hybridized carbons (Fsp3) is 0.571. The summed E-state index contributed by atoms with van der Waals surface area (Å²) in [6, 6.07) is 5.35. The molecule has 0 aromatic heterocycles. The van der Waals surface area contributed by atoms with Gasteiger partial charge >= 0.3 is 0 Å². The summed E-state index contributed by atoms with van der Waals surface area (Å²) in [7, 11) is 5.48. The molecule has 1 atom stereocenters. The van der Waals surface area contributed by atoms with Gasteiger partial charge in [-0.1, -0.05) is 6.07 Å². The first-order valence-corrected chi connectivity index (χ1v) is 6.28. The molecule has 0 aliphatic rings. The number of methoxy groups -OCH3 is 1. The van der Waals surface area contributed by atoms with Gasteiger partial charge in [0, 0.05) is 6.04 Å². The Morgan fingerprint density at radius 2 is 2.17 bits per heavy atom. The monoisotopic (exact) mass is 254 g/mol. The standard InChI is InChI=1S/C14H23FN2O/c1-11(17(3)9-5-8-16-2)12-6-7-14(18-4)13(15)10-12/h6-7,10-11,16H,5,8-9H2,1-4H3. The van der Waals surface area contributed by atoms with Crippen LogP contribution in [0.2, 0.25) is 0 Å². The van der Waals surface area contributed by atoms with E-state index >= 15 is 0 Å². The van der Waals surface area contributed by atoms with Gasteiger partial charge in [-0.15, -0.1) is 0 Å². The molecule has 0 saturated carbocycles. The van der Waals surface area contributed by atoms with Crippen molar-refractivity contribution >= 4 is 0 Å². The molecule has 1 unspecified atom stereocenters. The number of hydrogen-bond acceptors (Lipinski definition) is 3. The van der Waals surface area contributed by atoms with Crippen LogP contribution in [-0.4, -0.2) is 39.2 Å². The Morgan fingerprint density at radius 1 is 1.44 bits per heavy atom. The molecule has 0 spiro atoms. The van der Waals surface area contributed by atoms with Crippen LogP contribution in [0, 0.1) is 5.82 Å². The summed E-state index contributed by atoms with van der Waals surface area (Å²) in [5.41, 5.74) is 0.972. The topological polar surface area (TPSA) is 24.5 Å². The molecule has 0 heterocycles. The molecule has 0 fully saturated rings. The summed E-state index contributed by atoms with van der Waals surface area (Å²) >= 11 is 0. The maximum absolute atomic E-state index is 13.6. The zero-order chi connectivity index (χ0) is 13.5. The quantitative estimate of drug-likeness (QED) is 0.756. The largest absolute Gasteiger partial charge is 0.494 e. The summed E-state index contributed by atoms with van der Waals surface area (Å²) in [5, 5.41) is 3.12. The molecule has 1 rings (SSSR count). The highest BCUT2D eigenvalue weighted by molar-refractivity contribution is 5.30. The Bertz CT molecular complexity index is 371. The first-order chi connectivity index (χ1) is 8.60. The number of hydrogen-bond donors (Lipinski definition) is 1. The van der Waals surface area contributed by atoms with Gasteiger partial charge in [0.25, 0.3) is 0 Å². The minimum Gasteiger partial charge on any atom is -0.494 e. The third kappa shape index (κ3) is 3.96. The second-order valence-corrected chi connectivity index (χ2v) is 4.51. The zero-order valence-corrected chi connectivity index (χ0v) is 11.7. The highest BCUT2D eigenvalue weighted by Crippen LogP contribution is 2.24. The average Bonchev–Trinajstić information content (AvgIpc) is 2.38. The fourth-order valence-electron chi connectivity index (χ4n) is 1.90. The van der Waals surface area contributed by atoms with E-state index in [1.165, 1.54) is 7.11 Å². The predicted molar refractivity (Wildman–Crippen MR) is 72.5 cm³/mol. The van der Waals surface area contributed by atoms with Gasteiger partial charge in [0.05, 0.1) is 7.11 Å². The Morgan fingerprint density at radius 3 is 2.72 bits per heavy atom. The van der Waals surface area contributed by atoms with Crippen LogP contribution in [-0.2, 0) is 0 Å². The van der Waals surface area contributed by atoms with Gasteiger partial charge in [0.1, 0.15) is 0 Å². The van der Waals surface area contributed by atoms with Crippen molar-refractivity contribution in [3.8, 4) is 5.75 Å². The number of rotatable bonds is 7. The second-order valence-electron chi connectivity index (χ2n) is 4.51. The molecule has 0 aliphatic heterocycles. The normalized spacial score (nSPS) is 12.8. The zero-order valence-electron chi connectivity index (χ0n) is 11.7. The molecule has 1 aromatic rings. The summed E-state index contributed by atoms with van der Waals surface area (Å²) < 4.78 is 18.6. The van der Waals surface area contributed by atoms with Gasteiger partial charge in [-0.05, 0) is 58.2 Å². The number of halogens is 1. The lowest BCUT2D eigenvalue weighted by Crippen LogP contribution is -2.25. The van der Waals surface area contributed by atoms with Gasteiger partial charge in [-0.3, -0.25) is 4.90 Å². The van der Waals surface area contributed by atoms with Crippen molar-refractivity contribution in [2.24, 2.45) is 0 Å². The van der Waals surface area contributed by atoms with E-state index in [4.69, 9.17) is 4.74 Å². The Kier molecular flexibility index (Phi) is 6.09. The smallest absolute Gasteiger partial charge is 0.165 e. The highest BCUT2D eigenvalue weighted by atomic mass is 19.1. The van der Waals surface area contributed by atoms with E-state index in [1.54, 1.807) is 12.1 Å². The van der Waals surface area contributed by atoms with Crippen LogP contribution in [0.25, 0.3) is 0 Å². The van der Waals surface area contributed by atoms with E-state index in [0.29, 0.717) is 5.75 Å². The molecular formula is C14H23FN2O. The van der Waals surface area contributed by atoms with Gasteiger partial charge < -0.3 is 10.1 Å². The van der Waals surface area contributed by atoms with Crippen LogP contribution in [0.5, 0.6) is 5.75 Å². The lowest BCUT2D eigenvalue weighted by Gasteiger charge is -2.25. The van der Waals surface area contributed by atoms with Crippen LogP contribution in [0.15, 0.2) is 18.2 Å². The minimum absolute atomic E-state index is 0.197. The highest BCUT2D eigenvalue weighted by Gasteiger charge is 2.13. The summed E-state index contributed by atoms with van der Waals surface area (Å²) in [4.78, 5) is 2.22. The molecular weight excluding hydrogens is 231 g/mol. The molecule has 1 N–H and O–H groups in total. The molecule has 3 nitrogen and oxygen atoms in total. The van der Waals surface area contributed by atoms with Gasteiger partial charge in [-0.2, -0.15) is 0 Å². The SMILES string of the molecule is CNCCCN(C)C(C)c1ccc(OC)c(F)c1. The molecule has 18 heavy (non-hydrogen) atoms. The van der Waals surface area contributed by atoms with E-state index < -0.39 is 0 Å². The Hall–Kier alpha value is -1.13. The molecule has 0 amide bonds. The van der Waals surface area contributed by atoms with Gasteiger partial charge in [0.2, 0.25) is 0 Å². The average molecular weight is 254 g/mol. The van der Waals surface area contributed by atoms with Gasteiger partial charge in [0.15, 0.2) is 11.6 Å². The molecule has 102 valence electrons. The first-order valence-electron chi connectivity index (χ1n) is 6.28. The van der Waals surface area contributed by atoms with Gasteiger partial charge in [-0.25, -0.2) is 4.39 Å². The number of nitrogens with zero attached hydrogens (tertiary/aromatic N) is 1. The van der Waals surface area contributed by atoms with Crippen LogP contribution in [0.1, 0.15) is 24.9 Å². The Balaban J connectivity index is 2.65. The third-order valence-corrected chi connectivity index (χ3v) is 3.26. The molecule has 0 bridgehead atoms. The number of benzene rings is 1. The first kappa shape index (κ1) is 14.9. The predicted octanol–water partition coefficient (Wildman–Crippen LogP) is 2.44. The lowest BCUT2D eigenvalue weighted by molar-refractivity contribution is 0.257. The van der Waals surface area contributed by atoms with E-state index in [-0.39, 0.29) is 11.9 Å². The summed E-state index contributed by atoms with van der Waals surface area (Å²) in [6.07, 6.45) is 1.08. The van der Waals surface area contributed by atoms with Crippen molar-refractivity contribution in [2.45, 2.75) is 19.4 Å². The summed E-state index contributed by atoms with van der Waals surface area (Å²) in [6.45, 7) is 4.06. The van der Waals surface area contributed by atoms with E-state index in [1.807, 2.05) is 13.1 Å².